The number of esters is 1. The van der Waals surface area contributed by atoms with Gasteiger partial charge in [-0.05, 0) is 19.9 Å². The zero-order valence-corrected chi connectivity index (χ0v) is 7.90. The Kier molecular flexibility index (Phi) is 2.70. The lowest BCUT2D eigenvalue weighted by Crippen LogP contribution is -2.01. The summed E-state index contributed by atoms with van der Waals surface area (Å²) in [6.45, 7) is 4.06. The van der Waals surface area contributed by atoms with Crippen molar-refractivity contribution < 1.29 is 9.53 Å². The summed E-state index contributed by atoms with van der Waals surface area (Å²) in [5.41, 5.74) is 6.23. The predicted octanol–water partition coefficient (Wildman–Crippen LogP) is 1.82. The first-order valence-corrected chi connectivity index (χ1v) is 4.49. The second-order valence-electron chi connectivity index (χ2n) is 2.34. The third-order valence-electron chi connectivity index (χ3n) is 1.43. The molecule has 1 aromatic rings. The van der Waals surface area contributed by atoms with Crippen molar-refractivity contribution >= 4 is 23.0 Å². The van der Waals surface area contributed by atoms with E-state index in [1.54, 1.807) is 13.0 Å². The molecule has 0 unspecified atom stereocenters. The van der Waals surface area contributed by atoms with E-state index in [0.717, 1.165) is 4.88 Å². The number of carbonyl (C=O) groups is 1. The molecule has 0 bridgehead atoms. The molecule has 1 rings (SSSR count). The normalized spacial score (nSPS) is 9.83. The molecule has 0 saturated heterocycles. The molecule has 0 radical (unpaired) electrons. The molecule has 12 heavy (non-hydrogen) atoms. The fourth-order valence-electron chi connectivity index (χ4n) is 0.799. The molecule has 0 aliphatic rings. The van der Waals surface area contributed by atoms with Crippen LogP contribution in [0, 0.1) is 6.92 Å². The third-order valence-corrected chi connectivity index (χ3v) is 2.48. The molecule has 1 heterocycles. The molecular formula is C8H11NO2S. The van der Waals surface area contributed by atoms with Crippen molar-refractivity contribution in [3.05, 3.63) is 15.8 Å². The Morgan fingerprint density at radius 1 is 1.75 bits per heavy atom. The summed E-state index contributed by atoms with van der Waals surface area (Å²) in [7, 11) is 0. The van der Waals surface area contributed by atoms with E-state index in [2.05, 4.69) is 0 Å². The van der Waals surface area contributed by atoms with E-state index in [0.29, 0.717) is 17.2 Å². The Labute approximate surface area is 75.1 Å². The molecular weight excluding hydrogens is 174 g/mol. The second kappa shape index (κ2) is 3.58. The molecule has 0 fully saturated rings. The van der Waals surface area contributed by atoms with Gasteiger partial charge in [-0.1, -0.05) is 0 Å². The lowest BCUT2D eigenvalue weighted by molar-refractivity contribution is 0.0532. The minimum absolute atomic E-state index is 0.290. The summed E-state index contributed by atoms with van der Waals surface area (Å²) in [6.07, 6.45) is 0. The van der Waals surface area contributed by atoms with Crippen LogP contribution in [0.2, 0.25) is 0 Å². The number of thiophene rings is 1. The highest BCUT2D eigenvalue weighted by Crippen LogP contribution is 2.23. The Morgan fingerprint density at radius 3 is 2.83 bits per heavy atom. The van der Waals surface area contributed by atoms with Crippen LogP contribution >= 0.6 is 11.3 Å². The number of aryl methyl sites for hydroxylation is 1. The van der Waals surface area contributed by atoms with Gasteiger partial charge in [0, 0.05) is 10.6 Å². The first kappa shape index (κ1) is 9.06. The zero-order valence-electron chi connectivity index (χ0n) is 7.09. The second-order valence-corrected chi connectivity index (χ2v) is 3.60. The van der Waals surface area contributed by atoms with Crippen LogP contribution < -0.4 is 5.73 Å². The van der Waals surface area contributed by atoms with E-state index in [9.17, 15) is 4.79 Å². The summed E-state index contributed by atoms with van der Waals surface area (Å²) in [5.74, 6) is -0.290. The van der Waals surface area contributed by atoms with E-state index >= 15 is 0 Å². The number of nitrogens with two attached hydrogens (primary N) is 1. The van der Waals surface area contributed by atoms with Crippen LogP contribution in [0.1, 0.15) is 21.5 Å². The lowest BCUT2D eigenvalue weighted by atomic mass is 10.4. The molecule has 0 amide bonds. The van der Waals surface area contributed by atoms with Crippen LogP contribution in [0.3, 0.4) is 0 Å². The van der Waals surface area contributed by atoms with Crippen LogP contribution in [0.15, 0.2) is 6.07 Å². The smallest absolute Gasteiger partial charge is 0.348 e. The van der Waals surface area contributed by atoms with E-state index in [1.165, 1.54) is 11.3 Å². The van der Waals surface area contributed by atoms with Crippen molar-refractivity contribution in [1.82, 2.24) is 0 Å². The minimum atomic E-state index is -0.290. The van der Waals surface area contributed by atoms with Gasteiger partial charge in [-0.3, -0.25) is 0 Å². The van der Waals surface area contributed by atoms with Crippen LogP contribution in [-0.2, 0) is 4.74 Å². The number of hydrogen-bond acceptors (Lipinski definition) is 4. The topological polar surface area (TPSA) is 52.3 Å². The molecule has 0 saturated carbocycles. The van der Waals surface area contributed by atoms with Gasteiger partial charge in [0.2, 0.25) is 0 Å². The summed E-state index contributed by atoms with van der Waals surface area (Å²) >= 11 is 1.36. The summed E-state index contributed by atoms with van der Waals surface area (Å²) < 4.78 is 4.81. The van der Waals surface area contributed by atoms with Crippen molar-refractivity contribution in [3.8, 4) is 0 Å². The van der Waals surface area contributed by atoms with Crippen molar-refractivity contribution in [2.24, 2.45) is 0 Å². The maximum atomic E-state index is 11.1. The van der Waals surface area contributed by atoms with Crippen molar-refractivity contribution in [1.29, 1.82) is 0 Å². The average Bonchev–Trinajstić information content (AvgIpc) is 2.33. The third kappa shape index (κ3) is 1.76. The van der Waals surface area contributed by atoms with Gasteiger partial charge < -0.3 is 10.5 Å². The van der Waals surface area contributed by atoms with Crippen LogP contribution in [0.25, 0.3) is 0 Å². The Bertz CT molecular complexity index is 274. The number of nitrogen functional groups attached to an aromatic ring is 1. The molecule has 0 atom stereocenters. The summed E-state index contributed by atoms with van der Waals surface area (Å²) in [5, 5.41) is 0. The molecule has 0 spiro atoms. The van der Waals surface area contributed by atoms with Gasteiger partial charge in [0.25, 0.3) is 0 Å². The van der Waals surface area contributed by atoms with Crippen molar-refractivity contribution in [2.45, 2.75) is 13.8 Å². The fourth-order valence-corrected chi connectivity index (χ4v) is 1.63. The quantitative estimate of drug-likeness (QED) is 0.715. The van der Waals surface area contributed by atoms with Gasteiger partial charge >= 0.3 is 5.97 Å². The molecule has 4 heteroatoms. The predicted molar refractivity (Wildman–Crippen MR) is 49.4 cm³/mol. The average molecular weight is 185 g/mol. The van der Waals surface area contributed by atoms with Gasteiger partial charge in [-0.15, -0.1) is 11.3 Å². The number of rotatable bonds is 2. The minimum Gasteiger partial charge on any atom is -0.462 e. The fraction of sp³-hybridized carbons (Fsp3) is 0.375. The molecule has 2 N–H and O–H groups in total. The van der Waals surface area contributed by atoms with Crippen LogP contribution in [-0.4, -0.2) is 12.6 Å². The maximum absolute atomic E-state index is 11.1. The molecule has 3 nitrogen and oxygen atoms in total. The van der Waals surface area contributed by atoms with Gasteiger partial charge in [-0.2, -0.15) is 0 Å². The van der Waals surface area contributed by atoms with Gasteiger partial charge in [0.1, 0.15) is 4.88 Å². The van der Waals surface area contributed by atoms with Gasteiger partial charge in [0.05, 0.1) is 6.61 Å². The highest BCUT2D eigenvalue weighted by atomic mass is 32.1. The largest absolute Gasteiger partial charge is 0.462 e. The Morgan fingerprint density at radius 2 is 2.42 bits per heavy atom. The van der Waals surface area contributed by atoms with Gasteiger partial charge in [0.15, 0.2) is 0 Å². The lowest BCUT2D eigenvalue weighted by Gasteiger charge is -1.95. The first-order chi connectivity index (χ1) is 5.65. The molecule has 1 aromatic heterocycles. The zero-order chi connectivity index (χ0) is 9.14. The van der Waals surface area contributed by atoms with E-state index in [-0.39, 0.29) is 5.97 Å². The van der Waals surface area contributed by atoms with Gasteiger partial charge in [-0.25, -0.2) is 4.79 Å². The SMILES string of the molecule is CCOC(=O)c1cc(N)c(C)s1. The van der Waals surface area contributed by atoms with Crippen molar-refractivity contribution in [2.75, 3.05) is 12.3 Å². The maximum Gasteiger partial charge on any atom is 0.348 e. The Hall–Kier alpha value is -1.03. The molecule has 0 aromatic carbocycles. The highest BCUT2D eigenvalue weighted by molar-refractivity contribution is 7.14. The first-order valence-electron chi connectivity index (χ1n) is 3.68. The molecule has 0 aliphatic carbocycles. The number of carbonyl (C=O) groups excluding carboxylic acids is 1. The number of ether oxygens (including phenoxy) is 1. The van der Waals surface area contributed by atoms with E-state index in [1.807, 2.05) is 6.92 Å². The Balaban J connectivity index is 2.82. The van der Waals surface area contributed by atoms with Crippen LogP contribution in [0.5, 0.6) is 0 Å². The highest BCUT2D eigenvalue weighted by Gasteiger charge is 2.10. The summed E-state index contributed by atoms with van der Waals surface area (Å²) in [6, 6.07) is 1.65. The standard InChI is InChI=1S/C8H11NO2S/c1-3-11-8(10)7-4-6(9)5(2)12-7/h4H,3,9H2,1-2H3. The van der Waals surface area contributed by atoms with E-state index in [4.69, 9.17) is 10.5 Å². The van der Waals surface area contributed by atoms with E-state index < -0.39 is 0 Å². The van der Waals surface area contributed by atoms with Crippen molar-refractivity contribution in [3.63, 3.8) is 0 Å². The molecule has 66 valence electrons. The molecule has 0 aliphatic heterocycles. The van der Waals surface area contributed by atoms with Crippen LogP contribution in [0.4, 0.5) is 5.69 Å². The number of anilines is 1. The number of hydrogen-bond donors (Lipinski definition) is 1. The monoisotopic (exact) mass is 185 g/mol. The summed E-state index contributed by atoms with van der Waals surface area (Å²) in [4.78, 5) is 12.7.